The van der Waals surface area contributed by atoms with Crippen molar-refractivity contribution in [3.63, 3.8) is 0 Å². The number of halogens is 1. The highest BCUT2D eigenvalue weighted by Gasteiger charge is 2.00. The molecule has 1 aromatic carbocycles. The lowest BCUT2D eigenvalue weighted by atomic mass is 10.2. The standard InChI is InChI=1S/C13H16N.BrH/c1-2-3-9-14-10-8-12-6-4-5-7-13(12)11-14;/h4-8,10-11H,2-3,9H2,1H3;1H/q+1;/p-1. The number of unbranched alkanes of at least 4 members (excludes halogenated alkanes) is 1. The molecule has 0 saturated carbocycles. The van der Waals surface area contributed by atoms with E-state index in [-0.39, 0.29) is 17.0 Å². The zero-order valence-electron chi connectivity index (χ0n) is 8.99. The monoisotopic (exact) mass is 265 g/mol. The van der Waals surface area contributed by atoms with Gasteiger partial charge in [0.15, 0.2) is 12.4 Å². The quantitative estimate of drug-likeness (QED) is 0.685. The fourth-order valence-corrected chi connectivity index (χ4v) is 1.66. The van der Waals surface area contributed by atoms with Crippen LogP contribution in [0, 0.1) is 0 Å². The highest BCUT2D eigenvalue weighted by molar-refractivity contribution is 5.80. The first-order chi connectivity index (χ1) is 6.90. The fourth-order valence-electron chi connectivity index (χ4n) is 1.66. The van der Waals surface area contributed by atoms with Crippen LogP contribution >= 0.6 is 0 Å². The lowest BCUT2D eigenvalue weighted by Gasteiger charge is -1.97. The smallest absolute Gasteiger partial charge is 0.176 e. The van der Waals surface area contributed by atoms with E-state index in [0.29, 0.717) is 0 Å². The summed E-state index contributed by atoms with van der Waals surface area (Å²) in [7, 11) is 0. The summed E-state index contributed by atoms with van der Waals surface area (Å²) in [5, 5.41) is 2.64. The van der Waals surface area contributed by atoms with Gasteiger partial charge in [-0.25, -0.2) is 4.57 Å². The number of rotatable bonds is 3. The first kappa shape index (κ1) is 12.2. The molecule has 0 aliphatic rings. The average Bonchev–Trinajstić information content (AvgIpc) is 2.26. The number of hydrogen-bond acceptors (Lipinski definition) is 0. The topological polar surface area (TPSA) is 3.88 Å². The molecule has 0 spiro atoms. The van der Waals surface area contributed by atoms with Crippen molar-refractivity contribution < 1.29 is 21.5 Å². The van der Waals surface area contributed by atoms with Crippen molar-refractivity contribution in [1.82, 2.24) is 0 Å². The SMILES string of the molecule is CCCC[n+]1ccc2ccccc2c1.[Br-]. The Labute approximate surface area is 102 Å². The Morgan fingerprint density at radius 3 is 2.53 bits per heavy atom. The van der Waals surface area contributed by atoms with Crippen molar-refractivity contribution in [1.29, 1.82) is 0 Å². The van der Waals surface area contributed by atoms with Gasteiger partial charge in [-0.05, 0) is 11.5 Å². The van der Waals surface area contributed by atoms with Crippen molar-refractivity contribution in [3.05, 3.63) is 42.7 Å². The maximum atomic E-state index is 2.27. The molecule has 0 amide bonds. The van der Waals surface area contributed by atoms with Crippen LogP contribution < -0.4 is 21.5 Å². The molecular formula is C13H16BrN. The maximum absolute atomic E-state index is 2.27. The molecule has 1 aromatic heterocycles. The van der Waals surface area contributed by atoms with Gasteiger partial charge in [-0.2, -0.15) is 0 Å². The Bertz CT molecular complexity index is 426. The molecule has 0 unspecified atom stereocenters. The number of hydrogen-bond donors (Lipinski definition) is 0. The Hall–Kier alpha value is -0.890. The van der Waals surface area contributed by atoms with Gasteiger partial charge in [0, 0.05) is 17.9 Å². The molecule has 0 fully saturated rings. The Morgan fingerprint density at radius 2 is 1.80 bits per heavy atom. The Morgan fingerprint density at radius 1 is 1.07 bits per heavy atom. The normalized spacial score (nSPS) is 9.93. The summed E-state index contributed by atoms with van der Waals surface area (Å²) in [6.07, 6.45) is 6.89. The van der Waals surface area contributed by atoms with Crippen molar-refractivity contribution in [2.24, 2.45) is 0 Å². The molecule has 15 heavy (non-hydrogen) atoms. The average molecular weight is 266 g/mol. The van der Waals surface area contributed by atoms with Crippen LogP contribution in [-0.2, 0) is 6.54 Å². The van der Waals surface area contributed by atoms with E-state index in [1.165, 1.54) is 23.6 Å². The van der Waals surface area contributed by atoms with E-state index in [1.807, 2.05) is 0 Å². The van der Waals surface area contributed by atoms with Gasteiger partial charge in [0.1, 0.15) is 6.54 Å². The molecular weight excluding hydrogens is 250 g/mol. The second kappa shape index (κ2) is 5.86. The number of benzene rings is 1. The summed E-state index contributed by atoms with van der Waals surface area (Å²) in [5.41, 5.74) is 0. The first-order valence-electron chi connectivity index (χ1n) is 5.28. The van der Waals surface area contributed by atoms with Crippen LogP contribution in [0.15, 0.2) is 42.7 Å². The minimum absolute atomic E-state index is 0. The molecule has 0 atom stereocenters. The minimum Gasteiger partial charge on any atom is -1.00 e. The highest BCUT2D eigenvalue weighted by Crippen LogP contribution is 2.09. The third-order valence-electron chi connectivity index (χ3n) is 2.52. The van der Waals surface area contributed by atoms with Crippen molar-refractivity contribution in [2.45, 2.75) is 26.3 Å². The second-order valence-electron chi connectivity index (χ2n) is 3.67. The van der Waals surface area contributed by atoms with Crippen molar-refractivity contribution >= 4 is 10.8 Å². The molecule has 2 heteroatoms. The summed E-state index contributed by atoms with van der Waals surface area (Å²) in [6.45, 7) is 3.35. The lowest BCUT2D eigenvalue weighted by Crippen LogP contribution is -3.00. The van der Waals surface area contributed by atoms with Crippen LogP contribution in [0.1, 0.15) is 19.8 Å². The third-order valence-corrected chi connectivity index (χ3v) is 2.52. The first-order valence-corrected chi connectivity index (χ1v) is 5.28. The van der Waals surface area contributed by atoms with Crippen LogP contribution in [0.2, 0.25) is 0 Å². The number of fused-ring (bicyclic) bond motifs is 1. The molecule has 0 radical (unpaired) electrons. The van der Waals surface area contributed by atoms with Gasteiger partial charge >= 0.3 is 0 Å². The van der Waals surface area contributed by atoms with Gasteiger partial charge in [0.2, 0.25) is 0 Å². The predicted octanol–water partition coefficient (Wildman–Crippen LogP) is -0.0686. The number of aryl methyl sites for hydroxylation is 1. The Kier molecular flexibility index (Phi) is 4.76. The number of nitrogens with zero attached hydrogens (tertiary/aromatic N) is 1. The fraction of sp³-hybridized carbons (Fsp3) is 0.308. The van der Waals surface area contributed by atoms with Crippen LogP contribution in [0.3, 0.4) is 0 Å². The van der Waals surface area contributed by atoms with Gasteiger partial charge in [-0.15, -0.1) is 0 Å². The van der Waals surface area contributed by atoms with Gasteiger partial charge in [0.05, 0.1) is 0 Å². The molecule has 0 bridgehead atoms. The van der Waals surface area contributed by atoms with Crippen LogP contribution in [0.4, 0.5) is 0 Å². The molecule has 0 aliphatic carbocycles. The van der Waals surface area contributed by atoms with E-state index in [4.69, 9.17) is 0 Å². The molecule has 1 heterocycles. The second-order valence-corrected chi connectivity index (χ2v) is 3.67. The van der Waals surface area contributed by atoms with Crippen molar-refractivity contribution in [3.8, 4) is 0 Å². The van der Waals surface area contributed by atoms with Crippen LogP contribution in [-0.4, -0.2) is 0 Å². The molecule has 0 N–H and O–H groups in total. The minimum atomic E-state index is 0. The van der Waals surface area contributed by atoms with Crippen LogP contribution in [0.25, 0.3) is 10.8 Å². The molecule has 0 aliphatic heterocycles. The summed E-state index contributed by atoms with van der Waals surface area (Å²) in [5.74, 6) is 0. The largest absolute Gasteiger partial charge is 1.00 e. The van der Waals surface area contributed by atoms with E-state index >= 15 is 0 Å². The van der Waals surface area contributed by atoms with Crippen LogP contribution in [0.5, 0.6) is 0 Å². The summed E-state index contributed by atoms with van der Waals surface area (Å²) in [6, 6.07) is 10.7. The summed E-state index contributed by atoms with van der Waals surface area (Å²) < 4.78 is 2.27. The molecule has 0 saturated heterocycles. The van der Waals surface area contributed by atoms with E-state index < -0.39 is 0 Å². The highest BCUT2D eigenvalue weighted by atomic mass is 79.9. The molecule has 2 aromatic rings. The van der Waals surface area contributed by atoms with E-state index in [1.54, 1.807) is 0 Å². The third kappa shape index (κ3) is 3.03. The van der Waals surface area contributed by atoms with Gasteiger partial charge in [-0.3, -0.25) is 0 Å². The van der Waals surface area contributed by atoms with E-state index in [9.17, 15) is 0 Å². The van der Waals surface area contributed by atoms with Crippen molar-refractivity contribution in [2.75, 3.05) is 0 Å². The zero-order chi connectivity index (χ0) is 9.80. The lowest BCUT2D eigenvalue weighted by molar-refractivity contribution is -0.696. The van der Waals surface area contributed by atoms with Gasteiger partial charge < -0.3 is 17.0 Å². The number of aromatic nitrogens is 1. The number of pyridine rings is 1. The van der Waals surface area contributed by atoms with Gasteiger partial charge in [-0.1, -0.05) is 31.5 Å². The molecule has 2 rings (SSSR count). The predicted molar refractivity (Wildman–Crippen MR) is 59.1 cm³/mol. The van der Waals surface area contributed by atoms with E-state index in [0.717, 1.165) is 6.54 Å². The van der Waals surface area contributed by atoms with Gasteiger partial charge in [0.25, 0.3) is 0 Å². The maximum Gasteiger partial charge on any atom is 0.176 e. The molecule has 1 nitrogen and oxygen atoms in total. The summed E-state index contributed by atoms with van der Waals surface area (Å²) >= 11 is 0. The van der Waals surface area contributed by atoms with E-state index in [2.05, 4.69) is 54.2 Å². The summed E-state index contributed by atoms with van der Waals surface area (Å²) in [4.78, 5) is 0. The molecule has 80 valence electrons. The Balaban J connectivity index is 0.00000112. The zero-order valence-corrected chi connectivity index (χ0v) is 10.6.